The largest absolute Gasteiger partial charge is 0.451 e. The van der Waals surface area contributed by atoms with Crippen molar-refractivity contribution < 1.29 is 4.42 Å². The molecule has 2 heterocycles. The number of rotatable bonds is 8. The van der Waals surface area contributed by atoms with Crippen LogP contribution < -0.4 is 5.73 Å². The molecule has 9 rings (SSSR count). The Morgan fingerprint density at radius 1 is 0.509 bits per heavy atom. The molecule has 6 nitrogen and oxygen atoms in total. The second kappa shape index (κ2) is 14.9. The van der Waals surface area contributed by atoms with Gasteiger partial charge in [0.25, 0.3) is 0 Å². The molecule has 0 bridgehead atoms. The first-order chi connectivity index (χ1) is 27.2. The molecule has 6 heteroatoms. The lowest BCUT2D eigenvalue weighted by Crippen LogP contribution is -2.16. The molecular weight excluding hydrogens is 675 g/mol. The minimum Gasteiger partial charge on any atom is -0.451 e. The van der Waals surface area contributed by atoms with Crippen LogP contribution in [0.4, 0.5) is 0 Å². The van der Waals surface area contributed by atoms with Gasteiger partial charge in [-0.3, -0.25) is 4.99 Å². The maximum atomic E-state index is 6.79. The fourth-order valence-corrected chi connectivity index (χ4v) is 6.80. The third-order valence-electron chi connectivity index (χ3n) is 9.62. The van der Waals surface area contributed by atoms with Crippen molar-refractivity contribution in [1.29, 1.82) is 0 Å². The second-order valence-electron chi connectivity index (χ2n) is 13.2. The smallest absolute Gasteiger partial charge is 0.180 e. The number of amidine groups is 2. The highest BCUT2D eigenvalue weighted by molar-refractivity contribution is 6.13. The molecule has 0 aliphatic heterocycles. The van der Waals surface area contributed by atoms with E-state index in [4.69, 9.17) is 30.1 Å². The molecule has 55 heavy (non-hydrogen) atoms. The Balaban J connectivity index is 1.09. The van der Waals surface area contributed by atoms with Gasteiger partial charge < -0.3 is 10.2 Å². The third-order valence-corrected chi connectivity index (χ3v) is 9.62. The molecular formula is C49H35N5O. The number of para-hydroxylation sites is 1. The van der Waals surface area contributed by atoms with Gasteiger partial charge in [0, 0.05) is 33.2 Å². The maximum absolute atomic E-state index is 6.79. The van der Waals surface area contributed by atoms with Crippen molar-refractivity contribution in [2.75, 3.05) is 0 Å². The first-order valence-electron chi connectivity index (χ1n) is 18.2. The van der Waals surface area contributed by atoms with E-state index in [9.17, 15) is 0 Å². The first kappa shape index (κ1) is 33.4. The molecule has 0 aliphatic carbocycles. The number of nitrogens with two attached hydrogens (primary N) is 1. The number of benzene rings is 7. The Labute approximate surface area is 319 Å². The number of nitrogens with zero attached hydrogens (tertiary/aromatic N) is 4. The Morgan fingerprint density at radius 2 is 1.09 bits per heavy atom. The van der Waals surface area contributed by atoms with Crippen LogP contribution in [-0.4, -0.2) is 21.6 Å². The van der Waals surface area contributed by atoms with Crippen LogP contribution in [0.2, 0.25) is 0 Å². The van der Waals surface area contributed by atoms with Crippen LogP contribution in [0.15, 0.2) is 202 Å². The van der Waals surface area contributed by atoms with E-state index in [1.807, 2.05) is 121 Å². The zero-order chi connectivity index (χ0) is 37.0. The van der Waals surface area contributed by atoms with Crippen molar-refractivity contribution in [2.24, 2.45) is 15.7 Å². The summed E-state index contributed by atoms with van der Waals surface area (Å²) in [5.74, 6) is 1.58. The molecule has 0 spiro atoms. The molecule has 0 saturated carbocycles. The summed E-state index contributed by atoms with van der Waals surface area (Å²) in [5, 5.41) is 0.909. The highest BCUT2D eigenvalue weighted by atomic mass is 16.3. The normalized spacial score (nSPS) is 12.0. The Morgan fingerprint density at radius 3 is 1.80 bits per heavy atom. The van der Waals surface area contributed by atoms with Gasteiger partial charge in [-0.2, -0.15) is 0 Å². The fraction of sp³-hybridized carbons (Fsp3) is 0.0204. The Kier molecular flexibility index (Phi) is 9.04. The van der Waals surface area contributed by atoms with E-state index in [0.29, 0.717) is 29.6 Å². The van der Waals surface area contributed by atoms with Crippen molar-refractivity contribution in [1.82, 2.24) is 9.97 Å². The number of furan rings is 1. The topological polar surface area (TPSA) is 89.7 Å². The summed E-state index contributed by atoms with van der Waals surface area (Å²) in [5.41, 5.74) is 18.5. The molecule has 0 saturated heterocycles. The molecule has 2 N–H and O–H groups in total. The van der Waals surface area contributed by atoms with Gasteiger partial charge >= 0.3 is 0 Å². The molecule has 262 valence electrons. The lowest BCUT2D eigenvalue weighted by Gasteiger charge is -2.08. The van der Waals surface area contributed by atoms with Crippen LogP contribution >= 0.6 is 0 Å². The number of hydrogen-bond donors (Lipinski definition) is 1. The molecule has 7 aromatic carbocycles. The summed E-state index contributed by atoms with van der Waals surface area (Å²) >= 11 is 0. The van der Waals surface area contributed by atoms with Gasteiger partial charge in [0.1, 0.15) is 22.6 Å². The van der Waals surface area contributed by atoms with Gasteiger partial charge in [-0.05, 0) is 34.4 Å². The first-order valence-corrected chi connectivity index (χ1v) is 18.2. The lowest BCUT2D eigenvalue weighted by molar-refractivity contribution is 0.668. The Bertz CT molecular complexity index is 2810. The van der Waals surface area contributed by atoms with E-state index in [-0.39, 0.29) is 0 Å². The predicted octanol–water partition coefficient (Wildman–Crippen LogP) is 11.4. The van der Waals surface area contributed by atoms with Crippen LogP contribution in [0.3, 0.4) is 0 Å². The molecule has 9 aromatic rings. The van der Waals surface area contributed by atoms with E-state index in [0.717, 1.165) is 61.1 Å². The third kappa shape index (κ3) is 6.92. The van der Waals surface area contributed by atoms with Crippen molar-refractivity contribution in [2.45, 2.75) is 6.54 Å². The minimum absolute atomic E-state index is 0.366. The Hall–Kier alpha value is -7.44. The van der Waals surface area contributed by atoms with E-state index >= 15 is 0 Å². The number of aliphatic imine (C=N–C) groups is 2. The van der Waals surface area contributed by atoms with Gasteiger partial charge in [-0.1, -0.05) is 176 Å². The van der Waals surface area contributed by atoms with Crippen LogP contribution in [0, 0.1) is 0 Å². The average molecular weight is 710 g/mol. The van der Waals surface area contributed by atoms with Gasteiger partial charge in [0.15, 0.2) is 17.2 Å². The zero-order valence-corrected chi connectivity index (χ0v) is 29.9. The molecule has 0 fully saturated rings. The highest BCUT2D eigenvalue weighted by Crippen LogP contribution is 2.39. The van der Waals surface area contributed by atoms with Crippen LogP contribution in [0.5, 0.6) is 0 Å². The number of fused-ring (bicyclic) bond motifs is 3. The van der Waals surface area contributed by atoms with Gasteiger partial charge in [-0.25, -0.2) is 15.0 Å². The quantitative estimate of drug-likeness (QED) is 0.126. The monoisotopic (exact) mass is 709 g/mol. The van der Waals surface area contributed by atoms with Crippen LogP contribution in [0.1, 0.15) is 16.7 Å². The molecule has 0 aliphatic rings. The summed E-state index contributed by atoms with van der Waals surface area (Å²) in [6, 6.07) is 63.2. The molecule has 0 atom stereocenters. The summed E-state index contributed by atoms with van der Waals surface area (Å²) in [7, 11) is 0. The van der Waals surface area contributed by atoms with Crippen molar-refractivity contribution >= 4 is 33.7 Å². The highest BCUT2D eigenvalue weighted by Gasteiger charge is 2.20. The summed E-state index contributed by atoms with van der Waals surface area (Å²) in [4.78, 5) is 20.0. The van der Waals surface area contributed by atoms with Crippen LogP contribution in [-0.2, 0) is 6.54 Å². The minimum atomic E-state index is 0.366. The fourth-order valence-electron chi connectivity index (χ4n) is 6.80. The summed E-state index contributed by atoms with van der Waals surface area (Å²) in [6.45, 7) is 0.462. The SMILES string of the molecule is NC(=NC(=NCc1ccc(-c2ccccc2)cc1)c1ccccc1)c1cccc(-c2cccc3c2oc2c(-c4ccccc4)nc(-c4ccccc4)nc23)c1. The number of hydrogen-bond acceptors (Lipinski definition) is 4. The van der Waals surface area contributed by atoms with Crippen LogP contribution in [0.25, 0.3) is 67.0 Å². The second-order valence-corrected chi connectivity index (χ2v) is 13.2. The number of aromatic nitrogens is 2. The van der Waals surface area contributed by atoms with Crippen molar-refractivity contribution in [3.8, 4) is 44.9 Å². The molecule has 2 aromatic heterocycles. The molecule has 0 amide bonds. The predicted molar refractivity (Wildman–Crippen MR) is 225 cm³/mol. The van der Waals surface area contributed by atoms with Crippen molar-refractivity contribution in [3.63, 3.8) is 0 Å². The van der Waals surface area contributed by atoms with Gasteiger partial charge in [0.05, 0.1) is 6.54 Å². The summed E-state index contributed by atoms with van der Waals surface area (Å²) < 4.78 is 6.74. The van der Waals surface area contributed by atoms with E-state index < -0.39 is 0 Å². The molecule has 0 radical (unpaired) electrons. The maximum Gasteiger partial charge on any atom is 0.180 e. The van der Waals surface area contributed by atoms with E-state index in [1.54, 1.807) is 0 Å². The van der Waals surface area contributed by atoms with E-state index in [1.165, 1.54) is 11.1 Å². The standard InChI is InChI=1S/C49H35N5O/c50-47(54-48(37-19-9-3-10-20-37)51-32-33-27-29-35(30-28-33)34-15-5-1-6-16-34)40-24-13-23-39(31-40)41-25-14-26-42-44-46(55-45(41)42)43(36-17-7-2-8-18-36)52-49(53-44)38-21-11-4-12-22-38/h1-31H,32H2,(H2,50,51,54). The van der Waals surface area contributed by atoms with Gasteiger partial charge in [-0.15, -0.1) is 0 Å². The molecule has 0 unspecified atom stereocenters. The zero-order valence-electron chi connectivity index (χ0n) is 29.9. The van der Waals surface area contributed by atoms with E-state index in [2.05, 4.69) is 66.7 Å². The summed E-state index contributed by atoms with van der Waals surface area (Å²) in [6.07, 6.45) is 0. The lowest BCUT2D eigenvalue weighted by atomic mass is 10.0. The average Bonchev–Trinajstić information content (AvgIpc) is 3.65. The van der Waals surface area contributed by atoms with Gasteiger partial charge in [0.2, 0.25) is 0 Å². The van der Waals surface area contributed by atoms with Crippen molar-refractivity contribution in [3.05, 3.63) is 205 Å².